The first-order valence-corrected chi connectivity index (χ1v) is 8.19. The van der Waals surface area contributed by atoms with E-state index < -0.39 is 0 Å². The molecule has 0 atom stereocenters. The van der Waals surface area contributed by atoms with E-state index in [1.165, 1.54) is 0 Å². The van der Waals surface area contributed by atoms with Crippen LogP contribution in [0.4, 0.5) is 5.69 Å². The SMILES string of the molecule is O=Cc1c2c3c(cc4c(c3c3c5c(ccc13)OCO5)OCO4)CCN2. The zero-order valence-electron chi connectivity index (χ0n) is 13.2. The van der Waals surface area contributed by atoms with Gasteiger partial charge in [-0.2, -0.15) is 0 Å². The van der Waals surface area contributed by atoms with E-state index in [0.29, 0.717) is 22.8 Å². The molecule has 0 saturated carbocycles. The highest BCUT2D eigenvalue weighted by molar-refractivity contribution is 6.26. The molecule has 0 radical (unpaired) electrons. The third-order valence-corrected chi connectivity index (χ3v) is 5.16. The van der Waals surface area contributed by atoms with Crippen LogP contribution in [0.1, 0.15) is 15.9 Å². The zero-order chi connectivity index (χ0) is 16.5. The van der Waals surface area contributed by atoms with E-state index in [-0.39, 0.29) is 13.6 Å². The van der Waals surface area contributed by atoms with E-state index in [1.807, 2.05) is 18.2 Å². The molecular formula is C19H13NO5. The summed E-state index contributed by atoms with van der Waals surface area (Å²) >= 11 is 0. The molecule has 0 bridgehead atoms. The summed E-state index contributed by atoms with van der Waals surface area (Å²) in [5.74, 6) is 2.79. The van der Waals surface area contributed by atoms with Gasteiger partial charge in [0, 0.05) is 28.3 Å². The summed E-state index contributed by atoms with van der Waals surface area (Å²) in [5, 5.41) is 7.01. The average Bonchev–Trinajstić information content (AvgIpc) is 3.30. The van der Waals surface area contributed by atoms with E-state index in [0.717, 1.165) is 57.8 Å². The molecule has 0 unspecified atom stereocenters. The summed E-state index contributed by atoms with van der Waals surface area (Å²) in [5.41, 5.74) is 2.64. The van der Waals surface area contributed by atoms with Crippen LogP contribution in [0.3, 0.4) is 0 Å². The largest absolute Gasteiger partial charge is 0.454 e. The zero-order valence-corrected chi connectivity index (χ0v) is 13.2. The van der Waals surface area contributed by atoms with Gasteiger partial charge in [0.15, 0.2) is 29.3 Å². The molecule has 0 spiro atoms. The predicted octanol–water partition coefficient (Wildman–Crippen LogP) is 3.23. The van der Waals surface area contributed by atoms with Crippen molar-refractivity contribution in [1.82, 2.24) is 0 Å². The Kier molecular flexibility index (Phi) is 2.36. The normalized spacial score (nSPS) is 16.3. The number of hydrogen-bond acceptors (Lipinski definition) is 6. The van der Waals surface area contributed by atoms with Gasteiger partial charge >= 0.3 is 0 Å². The van der Waals surface area contributed by atoms with Crippen LogP contribution in [0.15, 0.2) is 18.2 Å². The number of anilines is 1. The van der Waals surface area contributed by atoms with E-state index in [2.05, 4.69) is 5.32 Å². The Bertz CT molecular complexity index is 1100. The summed E-state index contributed by atoms with van der Waals surface area (Å²) in [6.07, 6.45) is 1.77. The molecule has 6 nitrogen and oxygen atoms in total. The third-order valence-electron chi connectivity index (χ3n) is 5.16. The minimum Gasteiger partial charge on any atom is -0.454 e. The molecular weight excluding hydrogens is 322 g/mol. The number of hydrogen-bond donors (Lipinski definition) is 1. The van der Waals surface area contributed by atoms with Crippen molar-refractivity contribution < 1.29 is 23.7 Å². The Balaban J connectivity index is 1.95. The summed E-state index contributed by atoms with van der Waals surface area (Å²) in [4.78, 5) is 11.9. The van der Waals surface area contributed by atoms with Crippen molar-refractivity contribution in [3.8, 4) is 23.0 Å². The lowest BCUT2D eigenvalue weighted by molar-refractivity contribution is 0.112. The van der Waals surface area contributed by atoms with Gasteiger partial charge in [-0.15, -0.1) is 0 Å². The summed E-state index contributed by atoms with van der Waals surface area (Å²) in [6.45, 7) is 1.14. The van der Waals surface area contributed by atoms with Crippen molar-refractivity contribution in [2.24, 2.45) is 0 Å². The number of rotatable bonds is 1. The van der Waals surface area contributed by atoms with E-state index in [1.54, 1.807) is 0 Å². The van der Waals surface area contributed by atoms with Crippen LogP contribution >= 0.6 is 0 Å². The van der Waals surface area contributed by atoms with E-state index >= 15 is 0 Å². The monoisotopic (exact) mass is 335 g/mol. The Hall–Kier alpha value is -3.15. The van der Waals surface area contributed by atoms with Gasteiger partial charge in [-0.25, -0.2) is 0 Å². The van der Waals surface area contributed by atoms with Gasteiger partial charge in [-0.05, 0) is 35.6 Å². The Morgan fingerprint density at radius 3 is 2.56 bits per heavy atom. The molecule has 1 N–H and O–H groups in total. The predicted molar refractivity (Wildman–Crippen MR) is 91.3 cm³/mol. The van der Waals surface area contributed by atoms with Gasteiger partial charge in [0.25, 0.3) is 0 Å². The second-order valence-electron chi connectivity index (χ2n) is 6.32. The van der Waals surface area contributed by atoms with Gasteiger partial charge in [0.05, 0.1) is 5.69 Å². The highest BCUT2D eigenvalue weighted by Crippen LogP contribution is 2.53. The number of nitrogens with one attached hydrogen (secondary N) is 1. The van der Waals surface area contributed by atoms with Crippen LogP contribution in [-0.4, -0.2) is 26.4 Å². The molecule has 124 valence electrons. The molecule has 0 aromatic heterocycles. The average molecular weight is 335 g/mol. The quantitative estimate of drug-likeness (QED) is 0.544. The smallest absolute Gasteiger partial charge is 0.231 e. The van der Waals surface area contributed by atoms with Crippen molar-refractivity contribution >= 4 is 33.5 Å². The third kappa shape index (κ3) is 1.52. The first kappa shape index (κ1) is 13.2. The van der Waals surface area contributed by atoms with Crippen molar-refractivity contribution in [2.75, 3.05) is 25.4 Å². The van der Waals surface area contributed by atoms with Gasteiger partial charge in [0.1, 0.15) is 0 Å². The van der Waals surface area contributed by atoms with Crippen LogP contribution in [0.25, 0.3) is 21.5 Å². The van der Waals surface area contributed by atoms with Crippen LogP contribution in [0, 0.1) is 0 Å². The number of fused-ring (bicyclic) bond motifs is 6. The molecule has 6 heteroatoms. The van der Waals surface area contributed by atoms with Crippen molar-refractivity contribution in [1.29, 1.82) is 0 Å². The molecule has 3 aliphatic rings. The van der Waals surface area contributed by atoms with Gasteiger partial charge < -0.3 is 24.3 Å². The Labute approximate surface area is 142 Å². The van der Waals surface area contributed by atoms with Crippen molar-refractivity contribution in [3.63, 3.8) is 0 Å². The minimum atomic E-state index is 0.172. The molecule has 6 rings (SSSR count). The summed E-state index contributed by atoms with van der Waals surface area (Å²) in [6, 6.07) is 5.78. The van der Waals surface area contributed by atoms with Crippen LogP contribution < -0.4 is 24.3 Å². The Morgan fingerprint density at radius 2 is 1.72 bits per heavy atom. The lowest BCUT2D eigenvalue weighted by Crippen LogP contribution is -2.14. The number of ether oxygens (including phenoxy) is 4. The van der Waals surface area contributed by atoms with Gasteiger partial charge in [0.2, 0.25) is 13.6 Å². The fourth-order valence-corrected chi connectivity index (χ4v) is 4.16. The van der Waals surface area contributed by atoms with Crippen LogP contribution in [-0.2, 0) is 6.42 Å². The fourth-order valence-electron chi connectivity index (χ4n) is 4.16. The molecule has 0 amide bonds. The summed E-state index contributed by atoms with van der Waals surface area (Å²) < 4.78 is 22.8. The lowest BCUT2D eigenvalue weighted by atomic mass is 9.88. The first-order chi connectivity index (χ1) is 12.4. The number of aldehydes is 1. The number of carbonyl (C=O) groups excluding carboxylic acids is 1. The maximum atomic E-state index is 11.9. The van der Waals surface area contributed by atoms with E-state index in [9.17, 15) is 4.79 Å². The van der Waals surface area contributed by atoms with Gasteiger partial charge in [-0.3, -0.25) is 4.79 Å². The maximum absolute atomic E-state index is 11.9. The molecule has 3 aromatic carbocycles. The molecule has 3 aromatic rings. The topological polar surface area (TPSA) is 66.0 Å². The molecule has 0 aliphatic carbocycles. The van der Waals surface area contributed by atoms with Crippen molar-refractivity contribution in [2.45, 2.75) is 6.42 Å². The standard InChI is InChI=1S/C19H13NO5/c21-6-11-10-1-2-12-18(24-7-22-12)15(10)16-14-9(3-4-20-17(11)14)5-13-19(16)25-8-23-13/h1-2,5-6,20H,3-4,7-8H2. The summed E-state index contributed by atoms with van der Waals surface area (Å²) in [7, 11) is 0. The second kappa shape index (κ2) is 4.47. The van der Waals surface area contributed by atoms with Crippen LogP contribution in [0.2, 0.25) is 0 Å². The first-order valence-electron chi connectivity index (χ1n) is 8.19. The Morgan fingerprint density at radius 1 is 0.920 bits per heavy atom. The molecule has 25 heavy (non-hydrogen) atoms. The molecule has 0 saturated heterocycles. The molecule has 0 fully saturated rings. The van der Waals surface area contributed by atoms with Crippen LogP contribution in [0.5, 0.6) is 23.0 Å². The minimum absolute atomic E-state index is 0.172. The van der Waals surface area contributed by atoms with Crippen molar-refractivity contribution in [3.05, 3.63) is 29.3 Å². The number of benzene rings is 3. The molecule has 3 heterocycles. The fraction of sp³-hybridized carbons (Fsp3) is 0.211. The lowest BCUT2D eigenvalue weighted by Gasteiger charge is -2.24. The number of carbonyl (C=O) groups is 1. The highest BCUT2D eigenvalue weighted by atomic mass is 16.7. The molecule has 3 aliphatic heterocycles. The van der Waals surface area contributed by atoms with E-state index in [4.69, 9.17) is 18.9 Å². The van der Waals surface area contributed by atoms with Gasteiger partial charge in [-0.1, -0.05) is 0 Å². The second-order valence-corrected chi connectivity index (χ2v) is 6.32. The maximum Gasteiger partial charge on any atom is 0.231 e. The highest BCUT2D eigenvalue weighted by Gasteiger charge is 2.30.